The van der Waals surface area contributed by atoms with E-state index in [-0.39, 0.29) is 17.8 Å². The fraction of sp³-hybridized carbons (Fsp3) is 0.125. The van der Waals surface area contributed by atoms with Crippen molar-refractivity contribution >= 4 is 11.8 Å². The van der Waals surface area contributed by atoms with Gasteiger partial charge in [0.1, 0.15) is 17.5 Å². The number of hydrogen-bond donors (Lipinski definition) is 1. The molecule has 0 atom stereocenters. The molecule has 0 aliphatic carbocycles. The van der Waals surface area contributed by atoms with E-state index in [9.17, 15) is 13.6 Å². The van der Waals surface area contributed by atoms with Gasteiger partial charge in [0, 0.05) is 12.5 Å². The number of halogens is 2. The minimum Gasteiger partial charge on any atom is -0.384 e. The smallest absolute Gasteiger partial charge is 0.365 e. The standard InChI is InChI=1S/C16H14F2N2O2/c1-10-2-4-11(5-3-10)16(21)22-20-15(19)8-12-6-7-13(17)9-14(12)18/h2-7,9H,8H2,1H3,(H2,19,20). The fourth-order valence-electron chi connectivity index (χ4n) is 1.73. The molecule has 0 aliphatic heterocycles. The Bertz CT molecular complexity index is 713. The van der Waals surface area contributed by atoms with Crippen molar-refractivity contribution in [1.82, 2.24) is 0 Å². The molecule has 22 heavy (non-hydrogen) atoms. The zero-order valence-electron chi connectivity index (χ0n) is 11.8. The number of aryl methyl sites for hydroxylation is 1. The van der Waals surface area contributed by atoms with Gasteiger partial charge in [-0.1, -0.05) is 28.9 Å². The molecule has 0 unspecified atom stereocenters. The summed E-state index contributed by atoms with van der Waals surface area (Å²) in [6.07, 6.45) is -0.0900. The summed E-state index contributed by atoms with van der Waals surface area (Å²) in [7, 11) is 0. The number of carbonyl (C=O) groups excluding carboxylic acids is 1. The van der Waals surface area contributed by atoms with Crippen LogP contribution >= 0.6 is 0 Å². The molecule has 0 radical (unpaired) electrons. The molecule has 2 rings (SSSR count). The summed E-state index contributed by atoms with van der Waals surface area (Å²) < 4.78 is 26.2. The van der Waals surface area contributed by atoms with Gasteiger partial charge in [0.25, 0.3) is 0 Å². The Kier molecular flexibility index (Phi) is 4.83. The van der Waals surface area contributed by atoms with Crippen LogP contribution in [0.4, 0.5) is 8.78 Å². The van der Waals surface area contributed by atoms with Crippen LogP contribution in [0.5, 0.6) is 0 Å². The van der Waals surface area contributed by atoms with Gasteiger partial charge in [-0.2, -0.15) is 0 Å². The number of nitrogens with zero attached hydrogens (tertiary/aromatic N) is 1. The molecule has 0 fully saturated rings. The lowest BCUT2D eigenvalue weighted by atomic mass is 10.1. The van der Waals surface area contributed by atoms with Gasteiger partial charge in [-0.15, -0.1) is 0 Å². The second-order valence-corrected chi connectivity index (χ2v) is 4.74. The predicted octanol–water partition coefficient (Wildman–Crippen LogP) is 2.94. The van der Waals surface area contributed by atoms with Gasteiger partial charge < -0.3 is 10.6 Å². The maximum absolute atomic E-state index is 13.5. The Balaban J connectivity index is 2.00. The third-order valence-corrected chi connectivity index (χ3v) is 2.92. The molecule has 0 aromatic heterocycles. The molecule has 6 heteroatoms. The monoisotopic (exact) mass is 304 g/mol. The van der Waals surface area contributed by atoms with E-state index in [0.717, 1.165) is 17.7 Å². The highest BCUT2D eigenvalue weighted by molar-refractivity contribution is 5.90. The zero-order valence-corrected chi connectivity index (χ0v) is 11.8. The summed E-state index contributed by atoms with van der Waals surface area (Å²) >= 11 is 0. The first-order valence-corrected chi connectivity index (χ1v) is 6.50. The highest BCUT2D eigenvalue weighted by Gasteiger charge is 2.09. The quantitative estimate of drug-likeness (QED) is 0.409. The van der Waals surface area contributed by atoms with Gasteiger partial charge in [-0.3, -0.25) is 0 Å². The van der Waals surface area contributed by atoms with Gasteiger partial charge >= 0.3 is 5.97 Å². The highest BCUT2D eigenvalue weighted by atomic mass is 19.1. The Morgan fingerprint density at radius 3 is 2.50 bits per heavy atom. The molecule has 0 aliphatic rings. The van der Waals surface area contributed by atoms with Crippen molar-refractivity contribution in [2.45, 2.75) is 13.3 Å². The maximum atomic E-state index is 13.5. The largest absolute Gasteiger partial charge is 0.384 e. The number of benzene rings is 2. The van der Waals surface area contributed by atoms with E-state index < -0.39 is 17.6 Å². The van der Waals surface area contributed by atoms with Gasteiger partial charge in [0.15, 0.2) is 0 Å². The zero-order chi connectivity index (χ0) is 16.1. The molecule has 2 aromatic carbocycles. The Hall–Kier alpha value is -2.76. The van der Waals surface area contributed by atoms with E-state index in [2.05, 4.69) is 5.16 Å². The molecule has 4 nitrogen and oxygen atoms in total. The first-order valence-electron chi connectivity index (χ1n) is 6.50. The van der Waals surface area contributed by atoms with E-state index in [1.807, 2.05) is 6.92 Å². The van der Waals surface area contributed by atoms with Crippen molar-refractivity contribution in [2.24, 2.45) is 10.9 Å². The summed E-state index contributed by atoms with van der Waals surface area (Å²) in [5.41, 5.74) is 7.07. The van der Waals surface area contributed by atoms with Crippen LogP contribution in [-0.4, -0.2) is 11.8 Å². The van der Waals surface area contributed by atoms with E-state index in [1.54, 1.807) is 24.3 Å². The molecule has 0 saturated carbocycles. The molecule has 0 heterocycles. The Morgan fingerprint density at radius 2 is 1.86 bits per heavy atom. The molecule has 0 amide bonds. The molecule has 0 bridgehead atoms. The van der Waals surface area contributed by atoms with Crippen LogP contribution in [0.2, 0.25) is 0 Å². The SMILES string of the molecule is Cc1ccc(C(=O)ON=C(N)Cc2ccc(F)cc2F)cc1. The first kappa shape index (κ1) is 15.6. The minimum atomic E-state index is -0.733. The average molecular weight is 304 g/mol. The summed E-state index contributed by atoms with van der Waals surface area (Å²) in [5.74, 6) is -2.17. The summed E-state index contributed by atoms with van der Waals surface area (Å²) in [5, 5.41) is 3.47. The third-order valence-electron chi connectivity index (χ3n) is 2.92. The van der Waals surface area contributed by atoms with Crippen LogP contribution in [0.3, 0.4) is 0 Å². The molecule has 114 valence electrons. The van der Waals surface area contributed by atoms with E-state index in [4.69, 9.17) is 10.6 Å². The van der Waals surface area contributed by atoms with Crippen LogP contribution in [-0.2, 0) is 11.3 Å². The van der Waals surface area contributed by atoms with Crippen LogP contribution in [0.1, 0.15) is 21.5 Å². The van der Waals surface area contributed by atoms with Gasteiger partial charge in [-0.05, 0) is 30.7 Å². The number of carbonyl (C=O) groups is 1. The molecule has 2 aromatic rings. The normalized spacial score (nSPS) is 11.3. The second-order valence-electron chi connectivity index (χ2n) is 4.74. The number of amidine groups is 1. The van der Waals surface area contributed by atoms with Crippen LogP contribution in [0.25, 0.3) is 0 Å². The van der Waals surface area contributed by atoms with Crippen LogP contribution in [0, 0.1) is 18.6 Å². The maximum Gasteiger partial charge on any atom is 0.365 e. The Morgan fingerprint density at radius 1 is 1.18 bits per heavy atom. The highest BCUT2D eigenvalue weighted by Crippen LogP contribution is 2.10. The topological polar surface area (TPSA) is 64.7 Å². The summed E-state index contributed by atoms with van der Waals surface area (Å²) in [6, 6.07) is 9.85. The van der Waals surface area contributed by atoms with Crippen LogP contribution in [0.15, 0.2) is 47.6 Å². The van der Waals surface area contributed by atoms with Gasteiger partial charge in [-0.25, -0.2) is 13.6 Å². The summed E-state index contributed by atoms with van der Waals surface area (Å²) in [4.78, 5) is 16.4. The van der Waals surface area contributed by atoms with Crippen molar-refractivity contribution < 1.29 is 18.4 Å². The Labute approximate surface area is 126 Å². The lowest BCUT2D eigenvalue weighted by Gasteiger charge is -2.03. The van der Waals surface area contributed by atoms with Gasteiger partial charge in [0.2, 0.25) is 0 Å². The number of rotatable bonds is 4. The average Bonchev–Trinajstić information content (AvgIpc) is 2.48. The number of hydrogen-bond acceptors (Lipinski definition) is 3. The lowest BCUT2D eigenvalue weighted by molar-refractivity contribution is 0.0515. The second kappa shape index (κ2) is 6.80. The van der Waals surface area contributed by atoms with Crippen LogP contribution < -0.4 is 5.73 Å². The lowest BCUT2D eigenvalue weighted by Crippen LogP contribution is -2.17. The number of nitrogens with two attached hydrogens (primary N) is 1. The molecular weight excluding hydrogens is 290 g/mol. The molecule has 0 spiro atoms. The van der Waals surface area contributed by atoms with Crippen molar-refractivity contribution in [3.8, 4) is 0 Å². The van der Waals surface area contributed by atoms with E-state index in [1.165, 1.54) is 6.07 Å². The fourth-order valence-corrected chi connectivity index (χ4v) is 1.73. The van der Waals surface area contributed by atoms with E-state index in [0.29, 0.717) is 5.56 Å². The first-order chi connectivity index (χ1) is 10.5. The minimum absolute atomic E-state index is 0.0900. The molecule has 2 N–H and O–H groups in total. The number of oxime groups is 1. The predicted molar refractivity (Wildman–Crippen MR) is 78.3 cm³/mol. The van der Waals surface area contributed by atoms with Crippen molar-refractivity contribution in [3.63, 3.8) is 0 Å². The van der Waals surface area contributed by atoms with Gasteiger partial charge in [0.05, 0.1) is 5.56 Å². The van der Waals surface area contributed by atoms with E-state index >= 15 is 0 Å². The van der Waals surface area contributed by atoms with Crippen molar-refractivity contribution in [3.05, 3.63) is 70.8 Å². The third kappa shape index (κ3) is 4.12. The summed E-state index contributed by atoms with van der Waals surface area (Å²) in [6.45, 7) is 1.89. The van der Waals surface area contributed by atoms with Crippen molar-refractivity contribution in [1.29, 1.82) is 0 Å². The van der Waals surface area contributed by atoms with Crippen molar-refractivity contribution in [2.75, 3.05) is 0 Å². The molecule has 0 saturated heterocycles. The molecular formula is C16H14F2N2O2.